The average molecular weight is 427 g/mol. The lowest BCUT2D eigenvalue weighted by Gasteiger charge is -2.29. The van der Waals surface area contributed by atoms with E-state index in [1.807, 2.05) is 36.4 Å². The van der Waals surface area contributed by atoms with Crippen molar-refractivity contribution in [2.75, 3.05) is 13.1 Å². The number of amides is 1. The first-order valence-electron chi connectivity index (χ1n) is 10.4. The zero-order valence-electron chi connectivity index (χ0n) is 17.7. The molecule has 0 saturated carbocycles. The van der Waals surface area contributed by atoms with Gasteiger partial charge in [0.2, 0.25) is 15.9 Å². The number of sulfonamides is 1. The maximum atomic E-state index is 13.6. The fourth-order valence-corrected chi connectivity index (χ4v) is 5.53. The lowest BCUT2D eigenvalue weighted by atomic mass is 10.0. The van der Waals surface area contributed by atoms with Crippen LogP contribution in [-0.2, 0) is 21.2 Å². The summed E-state index contributed by atoms with van der Waals surface area (Å²) in [5.74, 6) is 0.197. The van der Waals surface area contributed by atoms with Crippen LogP contribution in [0.1, 0.15) is 37.8 Å². The van der Waals surface area contributed by atoms with Crippen LogP contribution in [-0.4, -0.2) is 37.8 Å². The molecule has 30 heavy (non-hydrogen) atoms. The van der Waals surface area contributed by atoms with Crippen molar-refractivity contribution in [2.45, 2.75) is 44.0 Å². The monoisotopic (exact) mass is 426 g/mol. The fourth-order valence-electron chi connectivity index (χ4n) is 3.70. The third-order valence-corrected chi connectivity index (χ3v) is 7.40. The van der Waals surface area contributed by atoms with Crippen LogP contribution in [0.25, 0.3) is 5.57 Å². The van der Waals surface area contributed by atoms with Crippen molar-refractivity contribution < 1.29 is 13.2 Å². The van der Waals surface area contributed by atoms with Gasteiger partial charge < -0.3 is 5.32 Å². The van der Waals surface area contributed by atoms with Gasteiger partial charge in [-0.3, -0.25) is 4.79 Å². The number of benzene rings is 2. The van der Waals surface area contributed by atoms with Gasteiger partial charge in [-0.2, -0.15) is 4.31 Å². The van der Waals surface area contributed by atoms with Crippen LogP contribution in [0.3, 0.4) is 0 Å². The highest BCUT2D eigenvalue weighted by molar-refractivity contribution is 7.89. The molecule has 1 amide bonds. The molecule has 0 unspecified atom stereocenters. The fraction of sp³-hybridized carbons (Fsp3) is 0.375. The Balaban J connectivity index is 1.97. The van der Waals surface area contributed by atoms with Gasteiger partial charge in [-0.25, -0.2) is 8.42 Å². The van der Waals surface area contributed by atoms with Gasteiger partial charge in [0.1, 0.15) is 6.04 Å². The van der Waals surface area contributed by atoms with Crippen LogP contribution in [0.2, 0.25) is 0 Å². The molecule has 1 aliphatic heterocycles. The molecule has 1 N–H and O–H groups in total. The highest BCUT2D eigenvalue weighted by Crippen LogP contribution is 2.33. The maximum absolute atomic E-state index is 13.6. The van der Waals surface area contributed by atoms with E-state index >= 15 is 0 Å². The van der Waals surface area contributed by atoms with Gasteiger partial charge in [-0.15, -0.1) is 0 Å². The highest BCUT2D eigenvalue weighted by Gasteiger charge is 2.38. The number of hydrogen-bond donors (Lipinski definition) is 1. The average Bonchev–Trinajstić information content (AvgIpc) is 2.82. The van der Waals surface area contributed by atoms with Gasteiger partial charge in [0.25, 0.3) is 0 Å². The Kier molecular flexibility index (Phi) is 7.10. The number of carbonyl (C=O) groups excluding carboxylic acids is 1. The van der Waals surface area contributed by atoms with E-state index < -0.39 is 16.1 Å². The summed E-state index contributed by atoms with van der Waals surface area (Å²) in [6.07, 6.45) is 1.65. The molecule has 2 aromatic carbocycles. The summed E-state index contributed by atoms with van der Waals surface area (Å²) in [5.41, 5.74) is 2.34. The maximum Gasteiger partial charge on any atom is 0.244 e. The Morgan fingerprint density at radius 1 is 1.10 bits per heavy atom. The van der Waals surface area contributed by atoms with Crippen LogP contribution >= 0.6 is 0 Å². The van der Waals surface area contributed by atoms with Crippen molar-refractivity contribution in [1.82, 2.24) is 9.62 Å². The minimum atomic E-state index is -3.85. The van der Waals surface area contributed by atoms with E-state index in [0.29, 0.717) is 30.9 Å². The highest BCUT2D eigenvalue weighted by atomic mass is 32.2. The smallest absolute Gasteiger partial charge is 0.244 e. The number of fused-ring (bicyclic) bond motifs is 1. The molecule has 160 valence electrons. The zero-order valence-corrected chi connectivity index (χ0v) is 18.5. The Morgan fingerprint density at radius 2 is 1.77 bits per heavy atom. The number of rotatable bonds is 7. The molecular weight excluding hydrogens is 396 g/mol. The van der Waals surface area contributed by atoms with E-state index in [4.69, 9.17) is 0 Å². The third kappa shape index (κ3) is 4.99. The molecule has 0 saturated heterocycles. The van der Waals surface area contributed by atoms with Crippen molar-refractivity contribution in [2.24, 2.45) is 5.92 Å². The molecular formula is C24H30N2O3S. The van der Waals surface area contributed by atoms with E-state index in [9.17, 15) is 13.2 Å². The quantitative estimate of drug-likeness (QED) is 0.731. The number of hydrogen-bond acceptors (Lipinski definition) is 3. The van der Waals surface area contributed by atoms with Crippen LogP contribution < -0.4 is 5.32 Å². The zero-order chi connectivity index (χ0) is 21.7. The number of carbonyl (C=O) groups is 1. The van der Waals surface area contributed by atoms with E-state index in [0.717, 1.165) is 17.6 Å². The summed E-state index contributed by atoms with van der Waals surface area (Å²) in [6.45, 7) is 9.02. The third-order valence-electron chi connectivity index (χ3n) is 5.43. The number of nitrogens with zero attached hydrogens (tertiary/aromatic N) is 1. The minimum absolute atomic E-state index is 0.223. The van der Waals surface area contributed by atoms with Crippen molar-refractivity contribution in [3.8, 4) is 0 Å². The van der Waals surface area contributed by atoms with E-state index in [-0.39, 0.29) is 17.3 Å². The molecule has 2 aromatic rings. The molecule has 5 nitrogen and oxygen atoms in total. The van der Waals surface area contributed by atoms with Crippen LogP contribution in [0.5, 0.6) is 0 Å². The first-order chi connectivity index (χ1) is 14.3. The summed E-state index contributed by atoms with van der Waals surface area (Å²) in [5, 5.41) is 2.96. The van der Waals surface area contributed by atoms with E-state index in [1.165, 1.54) is 4.31 Å². The minimum Gasteiger partial charge on any atom is -0.355 e. The summed E-state index contributed by atoms with van der Waals surface area (Å²) in [6, 6.07) is 15.6. The first kappa shape index (κ1) is 22.2. The predicted octanol–water partition coefficient (Wildman–Crippen LogP) is 3.87. The molecule has 0 fully saturated rings. The molecule has 0 aromatic heterocycles. The Hall–Kier alpha value is -2.44. The molecule has 0 aliphatic carbocycles. The summed E-state index contributed by atoms with van der Waals surface area (Å²) >= 11 is 0. The van der Waals surface area contributed by atoms with Gasteiger partial charge in [-0.05, 0) is 47.9 Å². The lowest BCUT2D eigenvalue weighted by molar-refractivity contribution is -0.124. The van der Waals surface area contributed by atoms with Crippen molar-refractivity contribution in [1.29, 1.82) is 0 Å². The summed E-state index contributed by atoms with van der Waals surface area (Å²) in [7, 11) is -3.85. The van der Waals surface area contributed by atoms with E-state index in [2.05, 4.69) is 25.7 Å². The second-order valence-electron chi connectivity index (χ2n) is 8.14. The van der Waals surface area contributed by atoms with E-state index in [1.54, 1.807) is 18.2 Å². The molecule has 6 heteroatoms. The van der Waals surface area contributed by atoms with Gasteiger partial charge in [-0.1, -0.05) is 69.0 Å². The molecule has 0 radical (unpaired) electrons. The van der Waals surface area contributed by atoms with Gasteiger partial charge in [0.05, 0.1) is 4.90 Å². The molecule has 3 rings (SSSR count). The van der Waals surface area contributed by atoms with Gasteiger partial charge >= 0.3 is 0 Å². The topological polar surface area (TPSA) is 66.5 Å². The Bertz CT molecular complexity index is 1000. The Morgan fingerprint density at radius 3 is 2.47 bits per heavy atom. The van der Waals surface area contributed by atoms with Crippen LogP contribution in [0.15, 0.2) is 66.1 Å². The molecule has 0 spiro atoms. The second kappa shape index (κ2) is 9.58. The van der Waals surface area contributed by atoms with Gasteiger partial charge in [0.15, 0.2) is 0 Å². The normalized spacial score (nSPS) is 17.2. The first-order valence-corrected chi connectivity index (χ1v) is 11.9. The molecule has 1 heterocycles. The van der Waals surface area contributed by atoms with Crippen molar-refractivity contribution in [3.63, 3.8) is 0 Å². The number of nitrogens with one attached hydrogen (secondary N) is 1. The standard InChI is InChI=1S/C24H30N2O3S/c1-18(2)13-15-25-24(27)22(17-20-9-5-4-6-10-20)26-16-14-19(3)21-11-7-8-12-23(21)30(26,28)29/h4-12,18,22H,3,13-17H2,1-2H3,(H,25,27)/t22-/m0/s1. The molecule has 0 bridgehead atoms. The lowest BCUT2D eigenvalue weighted by Crippen LogP contribution is -2.51. The summed E-state index contributed by atoms with van der Waals surface area (Å²) < 4.78 is 28.5. The SMILES string of the molecule is C=C1CCN([C@@H](Cc2ccccc2)C(=O)NCCC(C)C)S(=O)(=O)c2ccccc21. The van der Waals surface area contributed by atoms with Crippen molar-refractivity contribution >= 4 is 21.5 Å². The van der Waals surface area contributed by atoms with Crippen molar-refractivity contribution in [3.05, 3.63) is 72.3 Å². The largest absolute Gasteiger partial charge is 0.355 e. The Labute approximate surface area is 179 Å². The van der Waals surface area contributed by atoms with Crippen LogP contribution in [0, 0.1) is 5.92 Å². The van der Waals surface area contributed by atoms with Gasteiger partial charge in [0, 0.05) is 13.1 Å². The molecule has 1 atom stereocenters. The summed E-state index contributed by atoms with van der Waals surface area (Å²) in [4.78, 5) is 13.4. The second-order valence-corrected chi connectivity index (χ2v) is 10.0. The predicted molar refractivity (Wildman–Crippen MR) is 120 cm³/mol. The van der Waals surface area contributed by atoms with Crippen LogP contribution in [0.4, 0.5) is 0 Å². The molecule has 1 aliphatic rings.